The second kappa shape index (κ2) is 14.0. The summed E-state index contributed by atoms with van der Waals surface area (Å²) < 4.78 is 10.7. The number of anilines is 1. The Kier molecular flexibility index (Phi) is 12.1. The van der Waals surface area contributed by atoms with Gasteiger partial charge in [0.15, 0.2) is 11.7 Å². The summed E-state index contributed by atoms with van der Waals surface area (Å²) in [6, 6.07) is 11.0. The van der Waals surface area contributed by atoms with Gasteiger partial charge < -0.3 is 25.1 Å². The molecule has 0 aliphatic rings. The zero-order valence-corrected chi connectivity index (χ0v) is 19.6. The van der Waals surface area contributed by atoms with Crippen molar-refractivity contribution in [1.82, 2.24) is 10.6 Å². The van der Waals surface area contributed by atoms with Crippen LogP contribution in [0.1, 0.15) is 36.4 Å². The van der Waals surface area contributed by atoms with Crippen LogP contribution in [0.25, 0.3) is 0 Å². The highest BCUT2D eigenvalue weighted by Crippen LogP contribution is 2.12. The maximum atomic E-state index is 12.1. The van der Waals surface area contributed by atoms with Gasteiger partial charge in [-0.2, -0.15) is 0 Å². The second-order valence-electron chi connectivity index (χ2n) is 6.81. The van der Waals surface area contributed by atoms with Crippen molar-refractivity contribution in [3.05, 3.63) is 54.0 Å². The third-order valence-corrected chi connectivity index (χ3v) is 3.82. The van der Waals surface area contributed by atoms with E-state index in [1.165, 1.54) is 6.26 Å². The normalized spacial score (nSPS) is 11.1. The van der Waals surface area contributed by atoms with Gasteiger partial charge in [-0.25, -0.2) is 0 Å². The summed E-state index contributed by atoms with van der Waals surface area (Å²) in [7, 11) is 1.74. The number of ether oxygens (including phenoxy) is 1. The van der Waals surface area contributed by atoms with Gasteiger partial charge in [0.1, 0.15) is 0 Å². The van der Waals surface area contributed by atoms with Crippen molar-refractivity contribution in [2.45, 2.75) is 26.8 Å². The monoisotopic (exact) mass is 514 g/mol. The SMILES string of the molecule is CN=C(NCCCOCC(C)C)NCc1cccc(NC(=O)c2ccco2)c1.I. The summed E-state index contributed by atoms with van der Waals surface area (Å²) in [6.07, 6.45) is 2.39. The Morgan fingerprint density at radius 3 is 2.72 bits per heavy atom. The molecule has 0 fully saturated rings. The van der Waals surface area contributed by atoms with E-state index < -0.39 is 0 Å². The van der Waals surface area contributed by atoms with Crippen molar-refractivity contribution in [3.8, 4) is 0 Å². The number of nitrogens with one attached hydrogen (secondary N) is 3. The number of halogens is 1. The third kappa shape index (κ3) is 9.80. The van der Waals surface area contributed by atoms with Crippen LogP contribution in [-0.4, -0.2) is 38.7 Å². The molecule has 0 spiro atoms. The van der Waals surface area contributed by atoms with Gasteiger partial charge >= 0.3 is 0 Å². The van der Waals surface area contributed by atoms with Crippen LogP contribution in [0.15, 0.2) is 52.1 Å². The van der Waals surface area contributed by atoms with Gasteiger partial charge in [0.2, 0.25) is 0 Å². The number of rotatable bonds is 10. The molecule has 0 radical (unpaired) electrons. The van der Waals surface area contributed by atoms with Gasteiger partial charge in [-0.3, -0.25) is 9.79 Å². The highest BCUT2D eigenvalue weighted by molar-refractivity contribution is 14.0. The van der Waals surface area contributed by atoms with Gasteiger partial charge in [0.05, 0.1) is 6.26 Å². The van der Waals surface area contributed by atoms with E-state index >= 15 is 0 Å². The summed E-state index contributed by atoms with van der Waals surface area (Å²) in [5.74, 6) is 1.30. The van der Waals surface area contributed by atoms with Crippen LogP contribution in [0, 0.1) is 5.92 Å². The number of benzene rings is 1. The van der Waals surface area contributed by atoms with Gasteiger partial charge in [0, 0.05) is 39.0 Å². The van der Waals surface area contributed by atoms with Crippen LogP contribution >= 0.6 is 24.0 Å². The Balaban J connectivity index is 0.00000420. The van der Waals surface area contributed by atoms with Gasteiger partial charge in [0.25, 0.3) is 5.91 Å². The molecule has 1 heterocycles. The third-order valence-electron chi connectivity index (χ3n) is 3.82. The van der Waals surface area contributed by atoms with E-state index in [1.807, 2.05) is 24.3 Å². The van der Waals surface area contributed by atoms with Crippen molar-refractivity contribution < 1.29 is 13.9 Å². The standard InChI is InChI=1S/C21H30N4O3.HI/c1-16(2)15-27-11-6-10-23-21(22-3)24-14-17-7-4-8-18(13-17)25-20(26)19-9-5-12-28-19;/h4-5,7-9,12-13,16H,6,10-11,14-15H2,1-3H3,(H,25,26)(H2,22,23,24);1H. The first-order valence-corrected chi connectivity index (χ1v) is 9.54. The summed E-state index contributed by atoms with van der Waals surface area (Å²) in [5.41, 5.74) is 1.74. The highest BCUT2D eigenvalue weighted by Gasteiger charge is 2.09. The average Bonchev–Trinajstić information content (AvgIpc) is 3.22. The fraction of sp³-hybridized carbons (Fsp3) is 0.429. The fourth-order valence-electron chi connectivity index (χ4n) is 2.47. The van der Waals surface area contributed by atoms with E-state index in [2.05, 4.69) is 34.8 Å². The Morgan fingerprint density at radius 2 is 2.03 bits per heavy atom. The molecule has 0 saturated heterocycles. The summed E-state index contributed by atoms with van der Waals surface area (Å²) in [6.45, 7) is 7.19. The maximum Gasteiger partial charge on any atom is 0.291 e. The molecule has 1 aromatic heterocycles. The molecular formula is C21H31IN4O3. The number of nitrogens with zero attached hydrogens (tertiary/aromatic N) is 1. The fourth-order valence-corrected chi connectivity index (χ4v) is 2.47. The van der Waals surface area contributed by atoms with Gasteiger partial charge in [-0.05, 0) is 42.2 Å². The lowest BCUT2D eigenvalue weighted by atomic mass is 10.2. The number of guanidine groups is 1. The van der Waals surface area contributed by atoms with Crippen molar-refractivity contribution in [3.63, 3.8) is 0 Å². The Morgan fingerprint density at radius 1 is 1.21 bits per heavy atom. The van der Waals surface area contributed by atoms with Crippen molar-refractivity contribution in [2.24, 2.45) is 10.9 Å². The van der Waals surface area contributed by atoms with Crippen molar-refractivity contribution in [1.29, 1.82) is 0 Å². The number of amides is 1. The molecule has 160 valence electrons. The second-order valence-corrected chi connectivity index (χ2v) is 6.81. The van der Waals surface area contributed by atoms with Crippen molar-refractivity contribution >= 4 is 41.5 Å². The van der Waals surface area contributed by atoms with E-state index in [1.54, 1.807) is 19.2 Å². The van der Waals surface area contributed by atoms with E-state index in [0.29, 0.717) is 18.2 Å². The van der Waals surface area contributed by atoms with Gasteiger partial charge in [-0.1, -0.05) is 26.0 Å². The number of aliphatic imine (C=N–C) groups is 1. The summed E-state index contributed by atoms with van der Waals surface area (Å²) in [5, 5.41) is 9.37. The average molecular weight is 514 g/mol. The molecular weight excluding hydrogens is 483 g/mol. The molecule has 0 aliphatic heterocycles. The predicted octanol–water partition coefficient (Wildman–Crippen LogP) is 3.88. The van der Waals surface area contributed by atoms with E-state index in [9.17, 15) is 4.79 Å². The molecule has 1 aromatic carbocycles. The molecule has 0 atom stereocenters. The minimum Gasteiger partial charge on any atom is -0.459 e. The molecule has 0 aliphatic carbocycles. The zero-order valence-electron chi connectivity index (χ0n) is 17.2. The molecule has 8 heteroatoms. The van der Waals surface area contributed by atoms with Crippen LogP contribution in [0.4, 0.5) is 5.69 Å². The first-order valence-electron chi connectivity index (χ1n) is 9.54. The topological polar surface area (TPSA) is 87.9 Å². The van der Waals surface area contributed by atoms with E-state index in [0.717, 1.165) is 37.7 Å². The molecule has 3 N–H and O–H groups in total. The molecule has 2 aromatic rings. The van der Waals surface area contributed by atoms with E-state index in [4.69, 9.17) is 9.15 Å². The Bertz CT molecular complexity index is 748. The summed E-state index contributed by atoms with van der Waals surface area (Å²) in [4.78, 5) is 16.3. The predicted molar refractivity (Wildman–Crippen MR) is 127 cm³/mol. The molecule has 7 nitrogen and oxygen atoms in total. The molecule has 1 amide bonds. The molecule has 2 rings (SSSR count). The molecule has 0 bridgehead atoms. The number of hydrogen-bond acceptors (Lipinski definition) is 4. The molecule has 0 saturated carbocycles. The van der Waals surface area contributed by atoms with Crippen LogP contribution < -0.4 is 16.0 Å². The largest absolute Gasteiger partial charge is 0.459 e. The zero-order chi connectivity index (χ0) is 20.2. The molecule has 29 heavy (non-hydrogen) atoms. The smallest absolute Gasteiger partial charge is 0.291 e. The lowest BCUT2D eigenvalue weighted by Gasteiger charge is -2.13. The number of furan rings is 1. The first-order chi connectivity index (χ1) is 13.6. The Labute approximate surface area is 189 Å². The minimum absolute atomic E-state index is 0. The molecule has 0 unspecified atom stereocenters. The first kappa shape index (κ1) is 25.0. The number of carbonyl (C=O) groups is 1. The van der Waals surface area contributed by atoms with Crippen LogP contribution in [0.5, 0.6) is 0 Å². The summed E-state index contributed by atoms with van der Waals surface area (Å²) >= 11 is 0. The van der Waals surface area contributed by atoms with Crippen LogP contribution in [-0.2, 0) is 11.3 Å². The maximum absolute atomic E-state index is 12.1. The minimum atomic E-state index is -0.271. The van der Waals surface area contributed by atoms with Crippen LogP contribution in [0.2, 0.25) is 0 Å². The number of hydrogen-bond donors (Lipinski definition) is 3. The lowest BCUT2D eigenvalue weighted by Crippen LogP contribution is -2.37. The highest BCUT2D eigenvalue weighted by atomic mass is 127. The lowest BCUT2D eigenvalue weighted by molar-refractivity contribution is 0.0996. The van der Waals surface area contributed by atoms with Crippen LogP contribution in [0.3, 0.4) is 0 Å². The van der Waals surface area contributed by atoms with Crippen molar-refractivity contribution in [2.75, 3.05) is 32.1 Å². The quantitative estimate of drug-likeness (QED) is 0.194. The van der Waals surface area contributed by atoms with E-state index in [-0.39, 0.29) is 35.6 Å². The number of carbonyl (C=O) groups excluding carboxylic acids is 1. The van der Waals surface area contributed by atoms with Gasteiger partial charge in [-0.15, -0.1) is 24.0 Å². The Hall–Kier alpha value is -2.07.